The molecule has 3 aromatic rings. The second kappa shape index (κ2) is 7.97. The van der Waals surface area contributed by atoms with Crippen molar-refractivity contribution in [1.82, 2.24) is 15.3 Å². The number of carbonyl (C=O) groups is 1. The molecule has 10 heteroatoms. The first-order chi connectivity index (χ1) is 13.0. The third kappa shape index (κ3) is 3.62. The van der Waals surface area contributed by atoms with Gasteiger partial charge in [0, 0.05) is 4.88 Å². The van der Waals surface area contributed by atoms with Crippen LogP contribution in [0.2, 0.25) is 0 Å². The minimum atomic E-state index is -0.333. The third-order valence-corrected chi connectivity index (χ3v) is 5.65. The van der Waals surface area contributed by atoms with Crippen molar-refractivity contribution in [3.63, 3.8) is 0 Å². The van der Waals surface area contributed by atoms with Crippen LogP contribution in [0, 0.1) is 0 Å². The Hall–Kier alpha value is -2.59. The molecule has 0 atom stereocenters. The number of rotatable bonds is 6. The molecule has 0 aliphatic heterocycles. The predicted octanol–water partition coefficient (Wildman–Crippen LogP) is 2.70. The summed E-state index contributed by atoms with van der Waals surface area (Å²) in [5, 5.41) is 3.33. The molecule has 0 aliphatic carbocycles. The van der Waals surface area contributed by atoms with Crippen molar-refractivity contribution in [2.24, 2.45) is 0 Å². The van der Waals surface area contributed by atoms with Crippen LogP contribution < -0.4 is 25.1 Å². The summed E-state index contributed by atoms with van der Waals surface area (Å²) in [4.78, 5) is 32.5. The molecule has 0 aliphatic rings. The van der Waals surface area contributed by atoms with E-state index in [0.717, 1.165) is 4.88 Å². The van der Waals surface area contributed by atoms with Crippen molar-refractivity contribution in [3.8, 4) is 17.2 Å². The largest absolute Gasteiger partial charge is 0.493 e. The minimum absolute atomic E-state index is 0.207. The Bertz CT molecular complexity index is 1060. The standard InChI is InChI=1S/C17H16BrN3O5S/c1-24-11-5-9(12(18)14(26-3)13(11)25-2)15(22)19-6-8-4-10-16(23)20-7-21-17(10)27-8/h4-5,7H,6H2,1-3H3,(H,19,22)(H,20,21,23). The van der Waals surface area contributed by atoms with Crippen LogP contribution in [-0.4, -0.2) is 37.2 Å². The Kier molecular flexibility index (Phi) is 5.66. The van der Waals surface area contributed by atoms with Crippen LogP contribution in [0.3, 0.4) is 0 Å². The van der Waals surface area contributed by atoms with Gasteiger partial charge >= 0.3 is 0 Å². The summed E-state index contributed by atoms with van der Waals surface area (Å²) in [6.45, 7) is 0.252. The topological polar surface area (TPSA) is 103 Å². The molecule has 0 fully saturated rings. The number of H-pyrrole nitrogens is 1. The number of carbonyl (C=O) groups excluding carboxylic acids is 1. The highest BCUT2D eigenvalue weighted by atomic mass is 79.9. The van der Waals surface area contributed by atoms with Crippen LogP contribution >= 0.6 is 27.3 Å². The normalized spacial score (nSPS) is 10.7. The van der Waals surface area contributed by atoms with Gasteiger partial charge in [0.05, 0.1) is 49.6 Å². The van der Waals surface area contributed by atoms with Crippen molar-refractivity contribution in [1.29, 1.82) is 0 Å². The van der Waals surface area contributed by atoms with Gasteiger partial charge in [-0.25, -0.2) is 4.98 Å². The Balaban J connectivity index is 1.87. The SMILES string of the molecule is COc1cc(C(=O)NCc2cc3c(=O)[nH]cnc3s2)c(Br)c(OC)c1OC. The predicted molar refractivity (Wildman–Crippen MR) is 105 cm³/mol. The molecule has 1 aromatic carbocycles. The molecule has 8 nitrogen and oxygen atoms in total. The average molecular weight is 454 g/mol. The maximum absolute atomic E-state index is 12.7. The average Bonchev–Trinajstić information content (AvgIpc) is 3.10. The molecule has 2 heterocycles. The highest BCUT2D eigenvalue weighted by Gasteiger charge is 2.22. The molecule has 1 amide bonds. The molecule has 27 heavy (non-hydrogen) atoms. The summed E-state index contributed by atoms with van der Waals surface area (Å²) in [6, 6.07) is 3.29. The Morgan fingerprint density at radius 1 is 1.22 bits per heavy atom. The van der Waals surface area contributed by atoms with Gasteiger partial charge in [-0.3, -0.25) is 9.59 Å². The molecule has 2 N–H and O–H groups in total. The van der Waals surface area contributed by atoms with E-state index in [1.807, 2.05) is 0 Å². The van der Waals surface area contributed by atoms with Gasteiger partial charge in [0.1, 0.15) is 4.83 Å². The molecule has 0 spiro atoms. The van der Waals surface area contributed by atoms with Crippen LogP contribution in [0.5, 0.6) is 17.2 Å². The van der Waals surface area contributed by atoms with E-state index >= 15 is 0 Å². The van der Waals surface area contributed by atoms with Crippen LogP contribution in [0.25, 0.3) is 10.2 Å². The lowest BCUT2D eigenvalue weighted by molar-refractivity contribution is 0.0949. The molecule has 0 bridgehead atoms. The summed E-state index contributed by atoms with van der Waals surface area (Å²) < 4.78 is 16.4. The number of hydrogen-bond donors (Lipinski definition) is 2. The molecule has 3 rings (SSSR count). The number of aromatic amines is 1. The number of ether oxygens (including phenoxy) is 3. The summed E-state index contributed by atoms with van der Waals surface area (Å²) >= 11 is 4.73. The summed E-state index contributed by atoms with van der Waals surface area (Å²) in [5.41, 5.74) is 0.128. The lowest BCUT2D eigenvalue weighted by Crippen LogP contribution is -2.23. The molecular formula is C17H16BrN3O5S. The summed E-state index contributed by atoms with van der Waals surface area (Å²) in [6.07, 6.45) is 1.36. The van der Waals surface area contributed by atoms with Gasteiger partial charge in [-0.15, -0.1) is 11.3 Å². The zero-order valence-corrected chi connectivity index (χ0v) is 17.1. The monoisotopic (exact) mass is 453 g/mol. The van der Waals surface area contributed by atoms with Gasteiger partial charge < -0.3 is 24.5 Å². The first kappa shape index (κ1) is 19.2. The number of aromatic nitrogens is 2. The Morgan fingerprint density at radius 2 is 1.96 bits per heavy atom. The number of nitrogens with zero attached hydrogens (tertiary/aromatic N) is 1. The number of nitrogens with one attached hydrogen (secondary N) is 2. The van der Waals surface area contributed by atoms with E-state index in [-0.39, 0.29) is 18.0 Å². The first-order valence-electron chi connectivity index (χ1n) is 7.72. The van der Waals surface area contributed by atoms with E-state index in [1.165, 1.54) is 39.0 Å². The smallest absolute Gasteiger partial charge is 0.259 e. The third-order valence-electron chi connectivity index (χ3n) is 3.82. The Labute approximate surface area is 166 Å². The second-order valence-electron chi connectivity index (χ2n) is 5.35. The van der Waals surface area contributed by atoms with Crippen LogP contribution in [0.1, 0.15) is 15.2 Å². The van der Waals surface area contributed by atoms with E-state index in [9.17, 15) is 9.59 Å². The van der Waals surface area contributed by atoms with Crippen molar-refractivity contribution < 1.29 is 19.0 Å². The van der Waals surface area contributed by atoms with E-state index < -0.39 is 0 Å². The number of benzene rings is 1. The van der Waals surface area contributed by atoms with E-state index in [0.29, 0.717) is 37.5 Å². The fourth-order valence-electron chi connectivity index (χ4n) is 2.55. The molecule has 0 saturated heterocycles. The van der Waals surface area contributed by atoms with Crippen LogP contribution in [-0.2, 0) is 6.54 Å². The van der Waals surface area contributed by atoms with Crippen molar-refractivity contribution in [2.45, 2.75) is 6.54 Å². The fourth-order valence-corrected chi connectivity index (χ4v) is 4.13. The molecule has 0 unspecified atom stereocenters. The zero-order chi connectivity index (χ0) is 19.6. The fraction of sp³-hybridized carbons (Fsp3) is 0.235. The summed E-state index contributed by atoms with van der Waals surface area (Å²) in [7, 11) is 4.45. The highest BCUT2D eigenvalue weighted by Crippen LogP contribution is 2.44. The number of thiophene rings is 1. The highest BCUT2D eigenvalue weighted by molar-refractivity contribution is 9.10. The maximum Gasteiger partial charge on any atom is 0.259 e. The minimum Gasteiger partial charge on any atom is -0.493 e. The Morgan fingerprint density at radius 3 is 2.59 bits per heavy atom. The lowest BCUT2D eigenvalue weighted by Gasteiger charge is -2.16. The van der Waals surface area contributed by atoms with Gasteiger partial charge in [-0.05, 0) is 28.1 Å². The molecule has 142 valence electrons. The van der Waals surface area contributed by atoms with Gasteiger partial charge in [0.2, 0.25) is 5.75 Å². The van der Waals surface area contributed by atoms with Gasteiger partial charge in [-0.1, -0.05) is 0 Å². The number of hydrogen-bond acceptors (Lipinski definition) is 7. The zero-order valence-electron chi connectivity index (χ0n) is 14.7. The number of fused-ring (bicyclic) bond motifs is 1. The molecule has 0 radical (unpaired) electrons. The van der Waals surface area contributed by atoms with Crippen molar-refractivity contribution in [3.05, 3.63) is 43.7 Å². The quantitative estimate of drug-likeness (QED) is 0.594. The first-order valence-corrected chi connectivity index (χ1v) is 9.33. The maximum atomic E-state index is 12.7. The van der Waals surface area contributed by atoms with Crippen molar-refractivity contribution in [2.75, 3.05) is 21.3 Å². The van der Waals surface area contributed by atoms with E-state index in [4.69, 9.17) is 14.2 Å². The van der Waals surface area contributed by atoms with E-state index in [1.54, 1.807) is 12.1 Å². The molecule has 2 aromatic heterocycles. The van der Waals surface area contributed by atoms with Crippen LogP contribution in [0.15, 0.2) is 27.7 Å². The number of amides is 1. The summed E-state index contributed by atoms with van der Waals surface area (Å²) in [5.74, 6) is 0.790. The molecule has 0 saturated carbocycles. The van der Waals surface area contributed by atoms with E-state index in [2.05, 4.69) is 31.2 Å². The van der Waals surface area contributed by atoms with Crippen molar-refractivity contribution >= 4 is 43.4 Å². The molecular weight excluding hydrogens is 438 g/mol. The lowest BCUT2D eigenvalue weighted by atomic mass is 10.1. The van der Waals surface area contributed by atoms with Gasteiger partial charge in [-0.2, -0.15) is 0 Å². The van der Waals surface area contributed by atoms with Gasteiger partial charge in [0.15, 0.2) is 11.5 Å². The second-order valence-corrected chi connectivity index (χ2v) is 7.26. The van der Waals surface area contributed by atoms with Crippen LogP contribution in [0.4, 0.5) is 0 Å². The van der Waals surface area contributed by atoms with Gasteiger partial charge in [0.25, 0.3) is 11.5 Å². The number of halogens is 1. The number of methoxy groups -OCH3 is 3.